The Morgan fingerprint density at radius 3 is 2.84 bits per heavy atom. The lowest BCUT2D eigenvalue weighted by Gasteiger charge is -2.27. The van der Waals surface area contributed by atoms with Crippen LogP contribution in [0.2, 0.25) is 0 Å². The summed E-state index contributed by atoms with van der Waals surface area (Å²) in [5, 5.41) is 20.9. The van der Waals surface area contributed by atoms with Gasteiger partial charge in [0.05, 0.1) is 13.2 Å². The van der Waals surface area contributed by atoms with E-state index in [1.165, 1.54) is 5.56 Å². The number of ether oxygens (including phenoxy) is 1. The predicted octanol–water partition coefficient (Wildman–Crippen LogP) is 6.07. The highest BCUT2D eigenvalue weighted by atomic mass is 16.5. The molecule has 3 heterocycles. The van der Waals surface area contributed by atoms with Crippen molar-refractivity contribution in [1.82, 2.24) is 25.0 Å². The number of amides is 1. The molecule has 45 heavy (non-hydrogen) atoms. The van der Waals surface area contributed by atoms with Gasteiger partial charge in [-0.2, -0.15) is 5.10 Å². The van der Waals surface area contributed by atoms with Crippen molar-refractivity contribution >= 4 is 27.6 Å². The van der Waals surface area contributed by atoms with Crippen molar-refractivity contribution in [2.45, 2.75) is 39.5 Å². The van der Waals surface area contributed by atoms with Crippen LogP contribution in [0.5, 0.6) is 5.75 Å². The van der Waals surface area contributed by atoms with E-state index in [0.29, 0.717) is 31.9 Å². The third-order valence-electron chi connectivity index (χ3n) is 8.31. The first-order chi connectivity index (χ1) is 22.1. The number of rotatable bonds is 12. The number of aromatic amines is 1. The van der Waals surface area contributed by atoms with Crippen LogP contribution in [0.25, 0.3) is 21.7 Å². The molecule has 8 heteroatoms. The van der Waals surface area contributed by atoms with Gasteiger partial charge in [0.15, 0.2) is 5.69 Å². The van der Waals surface area contributed by atoms with E-state index in [4.69, 9.17) is 4.74 Å². The summed E-state index contributed by atoms with van der Waals surface area (Å²) in [5.74, 6) is 0.603. The van der Waals surface area contributed by atoms with Gasteiger partial charge in [-0.05, 0) is 46.5 Å². The number of aromatic nitrogens is 3. The van der Waals surface area contributed by atoms with E-state index in [0.717, 1.165) is 69.3 Å². The number of allylic oxidation sites excluding steroid dienone is 3. The number of hydrogen-bond donors (Lipinski definition) is 3. The lowest BCUT2D eigenvalue weighted by atomic mass is 10.0. The SMILES string of the molecule is C=C/C=C(\C=C/C)COc1ccc2c(CN3CCc4c(c(C(=O)NCc5cccc6ccccc56)nn4CCO)C3)c[nH]c2c1. The highest BCUT2D eigenvalue weighted by Crippen LogP contribution is 2.28. The van der Waals surface area contributed by atoms with Crippen LogP contribution in [0, 0.1) is 0 Å². The Labute approximate surface area is 263 Å². The number of aliphatic hydroxyl groups excluding tert-OH is 1. The van der Waals surface area contributed by atoms with E-state index in [-0.39, 0.29) is 12.5 Å². The summed E-state index contributed by atoms with van der Waals surface area (Å²) in [7, 11) is 0. The van der Waals surface area contributed by atoms with Gasteiger partial charge >= 0.3 is 0 Å². The van der Waals surface area contributed by atoms with Crippen molar-refractivity contribution in [3.63, 3.8) is 0 Å². The predicted molar refractivity (Wildman–Crippen MR) is 179 cm³/mol. The molecule has 5 aromatic rings. The monoisotopic (exact) mass is 601 g/mol. The van der Waals surface area contributed by atoms with E-state index in [1.54, 1.807) is 10.8 Å². The number of H-pyrrole nitrogens is 1. The average Bonchev–Trinajstić information content (AvgIpc) is 3.63. The molecule has 1 amide bonds. The summed E-state index contributed by atoms with van der Waals surface area (Å²) >= 11 is 0. The number of aliphatic hydroxyl groups is 1. The van der Waals surface area contributed by atoms with Gasteiger partial charge in [-0.25, -0.2) is 0 Å². The summed E-state index contributed by atoms with van der Waals surface area (Å²) in [6, 6.07) is 20.5. The number of nitrogens with one attached hydrogen (secondary N) is 2. The number of fused-ring (bicyclic) bond motifs is 3. The van der Waals surface area contributed by atoms with E-state index < -0.39 is 0 Å². The van der Waals surface area contributed by atoms with Crippen LogP contribution in [-0.2, 0) is 32.6 Å². The van der Waals surface area contributed by atoms with Gasteiger partial charge < -0.3 is 20.1 Å². The Balaban J connectivity index is 1.16. The fourth-order valence-corrected chi connectivity index (χ4v) is 6.16. The fraction of sp³-hybridized carbons (Fsp3) is 0.243. The molecule has 3 N–H and O–H groups in total. The second-order valence-corrected chi connectivity index (χ2v) is 11.3. The molecule has 8 nitrogen and oxygen atoms in total. The Hall–Kier alpha value is -4.92. The third kappa shape index (κ3) is 6.62. The summed E-state index contributed by atoms with van der Waals surface area (Å²) in [4.78, 5) is 19.3. The maximum Gasteiger partial charge on any atom is 0.272 e. The Bertz CT molecular complexity index is 1890. The maximum absolute atomic E-state index is 13.5. The quantitative estimate of drug-likeness (QED) is 0.151. The molecule has 0 aliphatic carbocycles. The molecule has 0 bridgehead atoms. The van der Waals surface area contributed by atoms with Crippen molar-refractivity contribution < 1.29 is 14.6 Å². The molecule has 6 rings (SSSR count). The van der Waals surface area contributed by atoms with Gasteiger partial charge in [-0.15, -0.1) is 0 Å². The van der Waals surface area contributed by atoms with Crippen LogP contribution < -0.4 is 10.1 Å². The number of hydrogen-bond acceptors (Lipinski definition) is 5. The minimum absolute atomic E-state index is 0.0307. The molecule has 0 fully saturated rings. The van der Waals surface area contributed by atoms with Crippen molar-refractivity contribution in [3.05, 3.63) is 131 Å². The maximum atomic E-state index is 13.5. The van der Waals surface area contributed by atoms with Crippen LogP contribution in [0.4, 0.5) is 0 Å². The molecule has 230 valence electrons. The zero-order valence-electron chi connectivity index (χ0n) is 25.6. The lowest BCUT2D eigenvalue weighted by molar-refractivity contribution is 0.0942. The molecule has 0 spiro atoms. The number of benzene rings is 3. The van der Waals surface area contributed by atoms with Crippen molar-refractivity contribution in [1.29, 1.82) is 0 Å². The van der Waals surface area contributed by atoms with Crippen LogP contribution in [0.3, 0.4) is 0 Å². The number of carbonyl (C=O) groups is 1. The molecule has 0 atom stereocenters. The molecule has 0 radical (unpaired) electrons. The standard InChI is InChI=1S/C37H39N5O3/c1-3-8-26(9-4-2)25-45-30-14-15-32-29(22-38-34(32)20-30)23-41-17-16-35-33(24-41)36(40-42(35)18-19-43)37(44)39-21-28-12-7-11-27-10-5-6-13-31(27)28/h3-15,20,22,38,43H,1,16-19,21,23-25H2,2H3,(H,39,44)/b9-4-,26-8+. The minimum Gasteiger partial charge on any atom is -0.489 e. The highest BCUT2D eigenvalue weighted by Gasteiger charge is 2.28. The highest BCUT2D eigenvalue weighted by molar-refractivity contribution is 5.94. The molecule has 0 saturated heterocycles. The van der Waals surface area contributed by atoms with E-state index >= 15 is 0 Å². The fourth-order valence-electron chi connectivity index (χ4n) is 6.16. The smallest absolute Gasteiger partial charge is 0.272 e. The molecular weight excluding hydrogens is 562 g/mol. The second kappa shape index (κ2) is 13.8. The van der Waals surface area contributed by atoms with E-state index in [9.17, 15) is 9.90 Å². The normalized spacial score (nSPS) is 13.9. The minimum atomic E-state index is -0.196. The molecule has 1 aliphatic heterocycles. The first kappa shape index (κ1) is 30.1. The summed E-state index contributed by atoms with van der Waals surface area (Å²) < 4.78 is 7.85. The van der Waals surface area contributed by atoms with Gasteiger partial charge in [0.25, 0.3) is 5.91 Å². The van der Waals surface area contributed by atoms with Crippen molar-refractivity contribution in [2.75, 3.05) is 19.8 Å². The van der Waals surface area contributed by atoms with Gasteiger partial charge in [0, 0.05) is 67.0 Å². The zero-order chi connectivity index (χ0) is 31.2. The topological polar surface area (TPSA) is 95.4 Å². The average molecular weight is 602 g/mol. The molecule has 3 aromatic carbocycles. The Morgan fingerprint density at radius 2 is 2.00 bits per heavy atom. The molecular formula is C37H39N5O3. The first-order valence-electron chi connectivity index (χ1n) is 15.4. The largest absolute Gasteiger partial charge is 0.489 e. The lowest BCUT2D eigenvalue weighted by Crippen LogP contribution is -2.32. The Kier molecular flexibility index (Phi) is 9.24. The summed E-state index contributed by atoms with van der Waals surface area (Å²) in [6.07, 6.45) is 10.5. The van der Waals surface area contributed by atoms with Gasteiger partial charge in [0.1, 0.15) is 12.4 Å². The van der Waals surface area contributed by atoms with Gasteiger partial charge in [-0.3, -0.25) is 14.4 Å². The molecule has 0 saturated carbocycles. The third-order valence-corrected chi connectivity index (χ3v) is 8.31. The van der Waals surface area contributed by atoms with Crippen LogP contribution >= 0.6 is 0 Å². The van der Waals surface area contributed by atoms with Gasteiger partial charge in [-0.1, -0.05) is 73.3 Å². The molecule has 2 aromatic heterocycles. The summed E-state index contributed by atoms with van der Waals surface area (Å²) in [5.41, 5.74) is 6.71. The first-order valence-corrected chi connectivity index (χ1v) is 15.4. The van der Waals surface area contributed by atoms with Crippen LogP contribution in [0.15, 0.2) is 103 Å². The van der Waals surface area contributed by atoms with Crippen LogP contribution in [-0.4, -0.2) is 50.4 Å². The Morgan fingerprint density at radius 1 is 1.13 bits per heavy atom. The number of nitrogens with zero attached hydrogens (tertiary/aromatic N) is 3. The molecule has 0 unspecified atom stereocenters. The second-order valence-electron chi connectivity index (χ2n) is 11.3. The number of carbonyl (C=O) groups excluding carboxylic acids is 1. The van der Waals surface area contributed by atoms with Crippen molar-refractivity contribution in [2.24, 2.45) is 0 Å². The van der Waals surface area contributed by atoms with Gasteiger partial charge in [0.2, 0.25) is 0 Å². The van der Waals surface area contributed by atoms with E-state index in [1.807, 2.05) is 61.5 Å². The zero-order valence-corrected chi connectivity index (χ0v) is 25.6. The van der Waals surface area contributed by atoms with E-state index in [2.05, 4.69) is 57.3 Å². The molecule has 1 aliphatic rings. The van der Waals surface area contributed by atoms with Crippen molar-refractivity contribution in [3.8, 4) is 5.75 Å². The summed E-state index contributed by atoms with van der Waals surface area (Å²) in [6.45, 7) is 9.15. The van der Waals surface area contributed by atoms with Crippen LogP contribution in [0.1, 0.15) is 39.8 Å².